The van der Waals surface area contributed by atoms with E-state index in [1.165, 1.54) is 6.07 Å². The molecule has 0 radical (unpaired) electrons. The Morgan fingerprint density at radius 2 is 1.90 bits per heavy atom. The van der Waals surface area contributed by atoms with E-state index in [0.717, 1.165) is 17.0 Å². The smallest absolute Gasteiger partial charge is 0.173 e. The fraction of sp³-hybridized carbons (Fsp3) is 0.0625. The van der Waals surface area contributed by atoms with Gasteiger partial charge in [-0.2, -0.15) is 0 Å². The number of rotatable bonds is 2. The number of benzene rings is 2. The molecule has 1 N–H and O–H groups in total. The van der Waals surface area contributed by atoms with E-state index in [4.69, 9.17) is 0 Å². The number of pyridine rings is 1. The Labute approximate surface area is 128 Å². The summed E-state index contributed by atoms with van der Waals surface area (Å²) in [6, 6.07) is 11.3. The van der Waals surface area contributed by atoms with Crippen molar-refractivity contribution < 1.29 is 13.9 Å². The van der Waals surface area contributed by atoms with Gasteiger partial charge in [0.2, 0.25) is 0 Å². The first-order valence-electron chi connectivity index (χ1n) is 6.24. The second-order valence-corrected chi connectivity index (χ2v) is 5.42. The van der Waals surface area contributed by atoms with Crippen molar-refractivity contribution in [3.05, 3.63) is 75.9 Å². The summed E-state index contributed by atoms with van der Waals surface area (Å²) in [7, 11) is 0. The number of halogens is 3. The average molecular weight is 350 g/mol. The molecule has 0 bridgehead atoms. The van der Waals surface area contributed by atoms with E-state index in [0.29, 0.717) is 5.56 Å². The van der Waals surface area contributed by atoms with Crippen molar-refractivity contribution in [2.24, 2.45) is 0 Å². The second-order valence-electron chi connectivity index (χ2n) is 4.62. The minimum atomic E-state index is -1.06. The van der Waals surface area contributed by atoms with E-state index in [1.807, 2.05) is 6.07 Å². The maximum absolute atomic E-state index is 13.6. The molecule has 106 valence electrons. The lowest BCUT2D eigenvalue weighted by Gasteiger charge is -2.14. The third-order valence-electron chi connectivity index (χ3n) is 3.30. The van der Waals surface area contributed by atoms with Gasteiger partial charge in [0.05, 0.1) is 9.99 Å². The van der Waals surface area contributed by atoms with Crippen LogP contribution in [0, 0.1) is 11.6 Å². The summed E-state index contributed by atoms with van der Waals surface area (Å²) in [5, 5.41) is 11.3. The van der Waals surface area contributed by atoms with E-state index in [1.54, 1.807) is 30.5 Å². The zero-order valence-electron chi connectivity index (χ0n) is 10.7. The first-order chi connectivity index (χ1) is 10.1. The zero-order valence-corrected chi connectivity index (χ0v) is 12.3. The van der Waals surface area contributed by atoms with Crippen molar-refractivity contribution in [3.8, 4) is 0 Å². The third kappa shape index (κ3) is 2.54. The van der Waals surface area contributed by atoms with Gasteiger partial charge in [0.15, 0.2) is 11.6 Å². The van der Waals surface area contributed by atoms with Crippen LogP contribution in [0.2, 0.25) is 0 Å². The van der Waals surface area contributed by atoms with Gasteiger partial charge in [-0.15, -0.1) is 0 Å². The molecule has 0 saturated heterocycles. The summed E-state index contributed by atoms with van der Waals surface area (Å²) in [6.45, 7) is 0. The molecule has 3 aromatic rings. The first-order valence-corrected chi connectivity index (χ1v) is 7.03. The average Bonchev–Trinajstić information content (AvgIpc) is 2.52. The van der Waals surface area contributed by atoms with E-state index in [9.17, 15) is 13.9 Å². The van der Waals surface area contributed by atoms with Gasteiger partial charge in [-0.25, -0.2) is 8.78 Å². The lowest BCUT2D eigenvalue weighted by molar-refractivity contribution is 0.218. The first kappa shape index (κ1) is 14.1. The SMILES string of the molecule is OC(c1ccc2ncccc2c1)c1ccc(F)c(F)c1Br. The summed E-state index contributed by atoms with van der Waals surface area (Å²) < 4.78 is 26.6. The molecule has 0 aliphatic heterocycles. The highest BCUT2D eigenvalue weighted by Gasteiger charge is 2.19. The summed E-state index contributed by atoms with van der Waals surface area (Å²) >= 11 is 2.99. The molecule has 0 amide bonds. The number of hydrogen-bond acceptors (Lipinski definition) is 2. The number of nitrogens with zero attached hydrogens (tertiary/aromatic N) is 1. The summed E-state index contributed by atoms with van der Waals surface area (Å²) in [4.78, 5) is 4.20. The Hall–Kier alpha value is -1.85. The molecule has 1 aromatic heterocycles. The lowest BCUT2D eigenvalue weighted by Crippen LogP contribution is -2.03. The Morgan fingerprint density at radius 3 is 2.71 bits per heavy atom. The molecule has 3 rings (SSSR count). The Morgan fingerprint density at radius 1 is 1.10 bits per heavy atom. The quantitative estimate of drug-likeness (QED) is 0.697. The van der Waals surface area contributed by atoms with Crippen molar-refractivity contribution in [2.75, 3.05) is 0 Å². The molecule has 2 aromatic carbocycles. The van der Waals surface area contributed by atoms with Gasteiger partial charge in [-0.3, -0.25) is 4.98 Å². The normalized spacial score (nSPS) is 12.6. The van der Waals surface area contributed by atoms with Crippen LogP contribution in [0.15, 0.2) is 53.1 Å². The fourth-order valence-corrected chi connectivity index (χ4v) is 2.73. The van der Waals surface area contributed by atoms with Crippen LogP contribution in [-0.4, -0.2) is 10.1 Å². The third-order valence-corrected chi connectivity index (χ3v) is 4.11. The Bertz CT molecular complexity index is 822. The Balaban J connectivity index is 2.08. The van der Waals surface area contributed by atoms with Crippen LogP contribution < -0.4 is 0 Å². The molecule has 1 heterocycles. The molecule has 0 saturated carbocycles. The molecule has 0 aliphatic carbocycles. The number of fused-ring (bicyclic) bond motifs is 1. The van der Waals surface area contributed by atoms with Gasteiger partial charge in [0.25, 0.3) is 0 Å². The van der Waals surface area contributed by atoms with Crippen LogP contribution in [0.1, 0.15) is 17.2 Å². The van der Waals surface area contributed by atoms with E-state index >= 15 is 0 Å². The highest BCUT2D eigenvalue weighted by molar-refractivity contribution is 9.10. The molecule has 21 heavy (non-hydrogen) atoms. The van der Waals surface area contributed by atoms with Gasteiger partial charge < -0.3 is 5.11 Å². The molecule has 2 nitrogen and oxygen atoms in total. The Kier molecular flexibility index (Phi) is 3.69. The topological polar surface area (TPSA) is 33.1 Å². The van der Waals surface area contributed by atoms with Crippen LogP contribution in [-0.2, 0) is 0 Å². The molecule has 0 aliphatic rings. The van der Waals surface area contributed by atoms with Gasteiger partial charge in [0.1, 0.15) is 6.10 Å². The minimum absolute atomic E-state index is 0.0683. The molecule has 5 heteroatoms. The van der Waals surface area contributed by atoms with Crippen LogP contribution in [0.3, 0.4) is 0 Å². The fourth-order valence-electron chi connectivity index (χ4n) is 2.20. The highest BCUT2D eigenvalue weighted by atomic mass is 79.9. The van der Waals surface area contributed by atoms with E-state index < -0.39 is 17.7 Å². The predicted octanol–water partition coefficient (Wildman–Crippen LogP) is 4.36. The number of hydrogen-bond donors (Lipinski definition) is 1. The maximum Gasteiger partial charge on any atom is 0.173 e. The summed E-state index contributed by atoms with van der Waals surface area (Å²) in [5.74, 6) is -1.96. The van der Waals surface area contributed by atoms with Crippen LogP contribution >= 0.6 is 15.9 Å². The van der Waals surface area contributed by atoms with Gasteiger partial charge >= 0.3 is 0 Å². The zero-order chi connectivity index (χ0) is 15.0. The van der Waals surface area contributed by atoms with Gasteiger partial charge in [0, 0.05) is 17.1 Å². The van der Waals surface area contributed by atoms with E-state index in [2.05, 4.69) is 20.9 Å². The molecule has 1 atom stereocenters. The standard InChI is InChI=1S/C16H10BrF2NO/c17-14-11(4-5-12(18)15(14)19)16(21)10-3-6-13-9(8-10)2-1-7-20-13/h1-8,16,21H. The van der Waals surface area contributed by atoms with Crippen LogP contribution in [0.25, 0.3) is 10.9 Å². The molecular weight excluding hydrogens is 340 g/mol. The van der Waals surface area contributed by atoms with Crippen LogP contribution in [0.5, 0.6) is 0 Å². The van der Waals surface area contributed by atoms with E-state index in [-0.39, 0.29) is 10.0 Å². The van der Waals surface area contributed by atoms with Crippen molar-refractivity contribution in [1.29, 1.82) is 0 Å². The summed E-state index contributed by atoms with van der Waals surface area (Å²) in [5.41, 5.74) is 1.66. The van der Waals surface area contributed by atoms with Gasteiger partial charge in [-0.05, 0) is 45.8 Å². The van der Waals surface area contributed by atoms with Crippen molar-refractivity contribution in [1.82, 2.24) is 4.98 Å². The molecule has 0 fully saturated rings. The van der Waals surface area contributed by atoms with Crippen molar-refractivity contribution >= 4 is 26.8 Å². The highest BCUT2D eigenvalue weighted by Crippen LogP contribution is 2.32. The maximum atomic E-state index is 13.6. The summed E-state index contributed by atoms with van der Waals surface area (Å²) in [6.07, 6.45) is 0.628. The van der Waals surface area contributed by atoms with Crippen molar-refractivity contribution in [3.63, 3.8) is 0 Å². The monoisotopic (exact) mass is 349 g/mol. The number of aliphatic hydroxyl groups excluding tert-OH is 1. The largest absolute Gasteiger partial charge is 0.384 e. The number of aliphatic hydroxyl groups is 1. The number of aromatic nitrogens is 1. The molecular formula is C16H10BrF2NO. The van der Waals surface area contributed by atoms with Crippen LogP contribution in [0.4, 0.5) is 8.78 Å². The molecule has 0 spiro atoms. The van der Waals surface area contributed by atoms with Crippen molar-refractivity contribution in [2.45, 2.75) is 6.10 Å². The molecule has 1 unspecified atom stereocenters. The lowest BCUT2D eigenvalue weighted by atomic mass is 10.00. The van der Waals surface area contributed by atoms with Gasteiger partial charge in [-0.1, -0.05) is 18.2 Å². The minimum Gasteiger partial charge on any atom is -0.384 e. The predicted molar refractivity (Wildman–Crippen MR) is 79.9 cm³/mol. The second kappa shape index (κ2) is 5.50.